The third-order valence-electron chi connectivity index (χ3n) is 11.4. The van der Waals surface area contributed by atoms with Crippen LogP contribution in [0.4, 0.5) is 0 Å². The van der Waals surface area contributed by atoms with Crippen LogP contribution in [0.25, 0.3) is 0 Å². The molecule has 1 N–H and O–H groups in total. The number of hydrogen-bond donors (Lipinski definition) is 1. The smallest absolute Gasteiger partial charge is 0.330 e. The molecule has 4 aromatic rings. The van der Waals surface area contributed by atoms with E-state index in [4.69, 9.17) is 38.8 Å². The lowest BCUT2D eigenvalue weighted by molar-refractivity contribution is -0.0943. The maximum absolute atomic E-state index is 13.8. The second kappa shape index (κ2) is 20.7. The molecule has 13 nitrogen and oxygen atoms in total. The molecule has 3 aromatic carbocycles. The first-order valence-electron chi connectivity index (χ1n) is 20.8. The quantitative estimate of drug-likeness (QED) is 0.0318. The van der Waals surface area contributed by atoms with Gasteiger partial charge >= 0.3 is 5.69 Å². The molecule has 0 radical (unpaired) electrons. The predicted octanol–water partition coefficient (Wildman–Crippen LogP) is 8.49. The molecule has 1 unspecified atom stereocenters. The fraction of sp³-hybridized carbons (Fsp3) is 0.468. The number of hydrogen-bond acceptors (Lipinski definition) is 11. The molecular formula is C47H61N4O9PSi. The van der Waals surface area contributed by atoms with E-state index in [2.05, 4.69) is 83.2 Å². The van der Waals surface area contributed by atoms with Crippen molar-refractivity contribution in [2.45, 2.75) is 115 Å². The highest BCUT2D eigenvalue weighted by Gasteiger charge is 2.54. The Morgan fingerprint density at radius 3 is 1.92 bits per heavy atom. The molecule has 0 amide bonds. The van der Waals surface area contributed by atoms with Crippen molar-refractivity contribution in [1.82, 2.24) is 14.2 Å². The van der Waals surface area contributed by atoms with Gasteiger partial charge in [-0.15, -0.1) is 6.42 Å². The number of nitriles is 1. The standard InChI is InChI=1S/C47H61N4O9PSi/c1-13-34-30-50(45(53)49-43(34)52)44-42(60-62(11,12)46(6,7)8)41(59-61(57-29-17-28-48)51(32(2)3)33(4)5)40(58-44)31-56-47(35-18-15-14-16-19-35,36-20-24-38(54-9)25-21-36)37-22-26-39(55-10)27-23-37/h1,14-16,18-27,30,32-33,40-42,44H,17,29,31H2,2-12H3,(H,49,52,53)/t40-,41-,42-,44-,61?/m1/s1. The van der Waals surface area contributed by atoms with Crippen molar-refractivity contribution in [1.29, 1.82) is 5.26 Å². The average molecular weight is 885 g/mol. The lowest BCUT2D eigenvalue weighted by Gasteiger charge is -2.42. The Bertz CT molecular complexity index is 2230. The zero-order valence-corrected chi connectivity index (χ0v) is 39.6. The van der Waals surface area contributed by atoms with E-state index in [-0.39, 0.29) is 42.3 Å². The topological polar surface area (TPSA) is 146 Å². The molecule has 5 atom stereocenters. The van der Waals surface area contributed by atoms with Gasteiger partial charge in [0.1, 0.15) is 41.0 Å². The van der Waals surface area contributed by atoms with Crippen LogP contribution in [0.1, 0.15) is 83.4 Å². The Kier molecular flexibility index (Phi) is 16.2. The molecule has 62 heavy (non-hydrogen) atoms. The van der Waals surface area contributed by atoms with Crippen molar-refractivity contribution in [3.05, 3.63) is 128 Å². The number of benzene rings is 3. The number of aromatic amines is 1. The van der Waals surface area contributed by atoms with Gasteiger partial charge in [-0.2, -0.15) is 5.26 Å². The van der Waals surface area contributed by atoms with Crippen LogP contribution >= 0.6 is 8.53 Å². The van der Waals surface area contributed by atoms with Gasteiger partial charge in [0.25, 0.3) is 14.1 Å². The summed E-state index contributed by atoms with van der Waals surface area (Å²) in [5.41, 5.74) is -0.253. The van der Waals surface area contributed by atoms with Crippen LogP contribution in [-0.4, -0.2) is 80.4 Å². The third-order valence-corrected chi connectivity index (χ3v) is 18.0. The predicted molar refractivity (Wildman–Crippen MR) is 244 cm³/mol. The zero-order chi connectivity index (χ0) is 45.4. The largest absolute Gasteiger partial charge is 0.497 e. The molecule has 0 spiro atoms. The fourth-order valence-electron chi connectivity index (χ4n) is 7.29. The molecule has 1 aliphatic heterocycles. The van der Waals surface area contributed by atoms with E-state index < -0.39 is 58.2 Å². The van der Waals surface area contributed by atoms with Gasteiger partial charge in [-0.1, -0.05) is 81.3 Å². The average Bonchev–Trinajstić information content (AvgIpc) is 3.56. The van der Waals surface area contributed by atoms with E-state index in [0.717, 1.165) is 16.7 Å². The second-order valence-corrected chi connectivity index (χ2v) is 23.4. The first-order valence-corrected chi connectivity index (χ1v) is 24.8. The summed E-state index contributed by atoms with van der Waals surface area (Å²) in [7, 11) is -1.32. The minimum Gasteiger partial charge on any atom is -0.497 e. The number of rotatable bonds is 19. The number of methoxy groups -OCH3 is 2. The molecule has 332 valence electrons. The van der Waals surface area contributed by atoms with Crippen LogP contribution < -0.4 is 20.7 Å². The number of H-pyrrole nitrogens is 1. The lowest BCUT2D eigenvalue weighted by Crippen LogP contribution is -2.51. The highest BCUT2D eigenvalue weighted by atomic mass is 31.2. The Balaban J connectivity index is 1.76. The molecule has 2 heterocycles. The van der Waals surface area contributed by atoms with Gasteiger partial charge in [-0.25, -0.2) is 9.46 Å². The summed E-state index contributed by atoms with van der Waals surface area (Å²) in [6.45, 7) is 18.9. The minimum absolute atomic E-state index is 0.0216. The Hall–Kier alpha value is -4.60. The SMILES string of the molecule is C#Cc1cn([C@@H]2O[C@H](COC(c3ccccc3)(c3ccc(OC)cc3)c3ccc(OC)cc3)[C@@H](OP(OCCC#N)N(C(C)C)C(C)C)[C@H]2O[Si](C)(C)C(C)(C)C)c(=O)[nH]c1=O. The maximum atomic E-state index is 13.8. The van der Waals surface area contributed by atoms with Crippen LogP contribution in [-0.2, 0) is 28.5 Å². The van der Waals surface area contributed by atoms with Gasteiger partial charge < -0.3 is 32.4 Å². The van der Waals surface area contributed by atoms with Crippen molar-refractivity contribution >= 4 is 16.8 Å². The summed E-state index contributed by atoms with van der Waals surface area (Å²) in [4.78, 5) is 29.0. The summed E-state index contributed by atoms with van der Waals surface area (Å²) < 4.78 is 50.0. The number of nitrogens with zero attached hydrogens (tertiary/aromatic N) is 3. The Morgan fingerprint density at radius 1 is 0.887 bits per heavy atom. The van der Waals surface area contributed by atoms with E-state index >= 15 is 0 Å². The van der Waals surface area contributed by atoms with Crippen molar-refractivity contribution in [2.24, 2.45) is 0 Å². The van der Waals surface area contributed by atoms with Crippen molar-refractivity contribution in [2.75, 3.05) is 27.4 Å². The van der Waals surface area contributed by atoms with Gasteiger partial charge in [0.05, 0.1) is 39.9 Å². The molecule has 0 aliphatic carbocycles. The third kappa shape index (κ3) is 10.6. The lowest BCUT2D eigenvalue weighted by atomic mass is 9.80. The van der Waals surface area contributed by atoms with E-state index in [1.165, 1.54) is 10.8 Å². The minimum atomic E-state index is -2.70. The second-order valence-electron chi connectivity index (χ2n) is 17.2. The summed E-state index contributed by atoms with van der Waals surface area (Å²) in [6, 6.07) is 27.5. The molecule has 1 aromatic heterocycles. The first kappa shape index (κ1) is 48.4. The van der Waals surface area contributed by atoms with Crippen LogP contribution in [0.5, 0.6) is 11.5 Å². The summed E-state index contributed by atoms with van der Waals surface area (Å²) >= 11 is 0. The number of aromatic nitrogens is 2. The molecule has 1 saturated heterocycles. The van der Waals surface area contributed by atoms with Gasteiger partial charge in [0.2, 0.25) is 0 Å². The normalized spacial score (nSPS) is 18.8. The van der Waals surface area contributed by atoms with Gasteiger partial charge in [0, 0.05) is 18.3 Å². The molecule has 0 bridgehead atoms. The Morgan fingerprint density at radius 2 is 1.44 bits per heavy atom. The molecule has 1 fully saturated rings. The van der Waals surface area contributed by atoms with Crippen molar-refractivity contribution in [3.8, 4) is 29.9 Å². The van der Waals surface area contributed by atoms with Gasteiger partial charge in [-0.3, -0.25) is 14.3 Å². The summed E-state index contributed by atoms with van der Waals surface area (Å²) in [5.74, 6) is 3.75. The van der Waals surface area contributed by atoms with Crippen molar-refractivity contribution < 1.29 is 32.4 Å². The highest BCUT2D eigenvalue weighted by Crippen LogP contribution is 2.52. The summed E-state index contributed by atoms with van der Waals surface area (Å²) in [6.07, 6.45) is 3.36. The highest BCUT2D eigenvalue weighted by molar-refractivity contribution is 7.44. The zero-order valence-electron chi connectivity index (χ0n) is 37.7. The van der Waals surface area contributed by atoms with Gasteiger partial charge in [-0.05, 0) is 86.8 Å². The van der Waals surface area contributed by atoms with E-state index in [1.807, 2.05) is 78.9 Å². The number of nitrogens with one attached hydrogen (secondary N) is 1. The van der Waals surface area contributed by atoms with E-state index in [9.17, 15) is 14.9 Å². The van der Waals surface area contributed by atoms with E-state index in [1.54, 1.807) is 14.2 Å². The first-order chi connectivity index (χ1) is 29.4. The Labute approximate surface area is 368 Å². The molecule has 5 rings (SSSR count). The molecule has 15 heteroatoms. The van der Waals surface area contributed by atoms with Crippen LogP contribution in [0.15, 0.2) is 94.6 Å². The monoisotopic (exact) mass is 884 g/mol. The van der Waals surface area contributed by atoms with Crippen LogP contribution in [0.3, 0.4) is 0 Å². The number of terminal acetylenes is 1. The maximum Gasteiger partial charge on any atom is 0.330 e. The molecule has 1 aliphatic rings. The van der Waals surface area contributed by atoms with Gasteiger partial charge in [0.15, 0.2) is 14.5 Å². The molecular weight excluding hydrogens is 824 g/mol. The molecule has 0 saturated carbocycles. The fourth-order valence-corrected chi connectivity index (χ4v) is 10.3. The van der Waals surface area contributed by atoms with Crippen LogP contribution in [0.2, 0.25) is 18.1 Å². The number of ether oxygens (including phenoxy) is 4. The van der Waals surface area contributed by atoms with E-state index in [0.29, 0.717) is 11.5 Å². The van der Waals surface area contributed by atoms with Crippen LogP contribution in [0, 0.1) is 23.7 Å². The van der Waals surface area contributed by atoms with Crippen molar-refractivity contribution in [3.63, 3.8) is 0 Å². The summed E-state index contributed by atoms with van der Waals surface area (Å²) in [5, 5.41) is 9.25.